The second-order valence-corrected chi connectivity index (χ2v) is 4.85. The summed E-state index contributed by atoms with van der Waals surface area (Å²) in [4.78, 5) is 0. The van der Waals surface area contributed by atoms with Crippen LogP contribution in [0.1, 0.15) is 25.8 Å². The summed E-state index contributed by atoms with van der Waals surface area (Å²) in [5, 5.41) is 12.8. The first kappa shape index (κ1) is 13.8. The number of anilines is 2. The van der Waals surface area contributed by atoms with Crippen molar-refractivity contribution >= 4 is 11.4 Å². The van der Waals surface area contributed by atoms with Crippen LogP contribution in [0.3, 0.4) is 0 Å². The summed E-state index contributed by atoms with van der Waals surface area (Å²) in [6.07, 6.45) is 0.312. The molecule has 96 valence electrons. The molecule has 1 aromatic carbocycles. The summed E-state index contributed by atoms with van der Waals surface area (Å²) >= 11 is 0. The molecule has 1 atom stereocenters. The van der Waals surface area contributed by atoms with E-state index >= 15 is 0 Å². The van der Waals surface area contributed by atoms with Gasteiger partial charge in [0.2, 0.25) is 0 Å². The van der Waals surface area contributed by atoms with Crippen LogP contribution >= 0.6 is 0 Å². The fraction of sp³-hybridized carbons (Fsp3) is 0.538. The number of nitrogens with two attached hydrogens (primary N) is 1. The Morgan fingerprint density at radius 1 is 1.41 bits per heavy atom. The lowest BCUT2D eigenvalue weighted by Crippen LogP contribution is -2.21. The van der Waals surface area contributed by atoms with Crippen LogP contribution in [0, 0.1) is 18.7 Å². The predicted octanol–water partition coefficient (Wildman–Crippen LogP) is 2.54. The van der Waals surface area contributed by atoms with E-state index in [0.717, 1.165) is 6.42 Å². The van der Waals surface area contributed by atoms with Gasteiger partial charge in [-0.05, 0) is 37.0 Å². The molecule has 1 aromatic rings. The zero-order chi connectivity index (χ0) is 13.0. The third kappa shape index (κ3) is 4.23. The highest BCUT2D eigenvalue weighted by Crippen LogP contribution is 2.22. The molecule has 3 nitrogen and oxygen atoms in total. The van der Waals surface area contributed by atoms with Crippen molar-refractivity contribution < 1.29 is 9.50 Å². The van der Waals surface area contributed by atoms with E-state index in [1.807, 2.05) is 0 Å². The summed E-state index contributed by atoms with van der Waals surface area (Å²) in [7, 11) is 0. The molecule has 0 radical (unpaired) electrons. The molecule has 1 rings (SSSR count). The van der Waals surface area contributed by atoms with Crippen molar-refractivity contribution in [2.24, 2.45) is 5.92 Å². The first-order valence-electron chi connectivity index (χ1n) is 5.87. The first-order valence-corrected chi connectivity index (χ1v) is 5.87. The molecular weight excluding hydrogens is 219 g/mol. The molecule has 0 aliphatic heterocycles. The Bertz CT molecular complexity index is 380. The van der Waals surface area contributed by atoms with Gasteiger partial charge in [0, 0.05) is 6.54 Å². The van der Waals surface area contributed by atoms with E-state index in [1.165, 1.54) is 6.07 Å². The second kappa shape index (κ2) is 5.87. The van der Waals surface area contributed by atoms with E-state index in [2.05, 4.69) is 19.2 Å². The number of rotatable bonds is 5. The van der Waals surface area contributed by atoms with Crippen molar-refractivity contribution in [3.8, 4) is 0 Å². The molecule has 0 spiro atoms. The van der Waals surface area contributed by atoms with E-state index in [1.54, 1.807) is 13.0 Å². The number of halogens is 1. The number of hydrogen-bond acceptors (Lipinski definition) is 3. The smallest absolute Gasteiger partial charge is 0.128 e. The van der Waals surface area contributed by atoms with Gasteiger partial charge < -0.3 is 16.2 Å². The summed E-state index contributed by atoms with van der Waals surface area (Å²) in [6.45, 7) is 6.22. The van der Waals surface area contributed by atoms with E-state index < -0.39 is 6.10 Å². The molecular formula is C13H21FN2O. The molecule has 1 unspecified atom stereocenters. The highest BCUT2D eigenvalue weighted by molar-refractivity contribution is 5.67. The topological polar surface area (TPSA) is 58.3 Å². The maximum absolute atomic E-state index is 13.2. The SMILES string of the molecule is Cc1cc(NCC(O)CC(C)C)c(N)cc1F. The summed E-state index contributed by atoms with van der Waals surface area (Å²) in [5.41, 5.74) is 7.27. The molecule has 0 aliphatic rings. The van der Waals surface area contributed by atoms with E-state index in [-0.39, 0.29) is 5.82 Å². The molecule has 0 bridgehead atoms. The van der Waals surface area contributed by atoms with Crippen LogP contribution in [0.4, 0.5) is 15.8 Å². The quantitative estimate of drug-likeness (QED) is 0.693. The summed E-state index contributed by atoms with van der Waals surface area (Å²) in [6, 6.07) is 2.96. The molecule has 4 N–H and O–H groups in total. The van der Waals surface area contributed by atoms with Gasteiger partial charge in [-0.15, -0.1) is 0 Å². The van der Waals surface area contributed by atoms with Crippen molar-refractivity contribution in [1.82, 2.24) is 0 Å². The third-order valence-electron chi connectivity index (χ3n) is 2.60. The average Bonchev–Trinajstić information content (AvgIpc) is 2.20. The Morgan fingerprint density at radius 2 is 2.06 bits per heavy atom. The van der Waals surface area contributed by atoms with Crippen LogP contribution in [0.2, 0.25) is 0 Å². The van der Waals surface area contributed by atoms with E-state index in [4.69, 9.17) is 5.73 Å². The lowest BCUT2D eigenvalue weighted by Gasteiger charge is -2.16. The minimum absolute atomic E-state index is 0.309. The summed E-state index contributed by atoms with van der Waals surface area (Å²) in [5.74, 6) is 0.134. The highest BCUT2D eigenvalue weighted by atomic mass is 19.1. The van der Waals surface area contributed by atoms with Gasteiger partial charge in [0.25, 0.3) is 0 Å². The second-order valence-electron chi connectivity index (χ2n) is 4.85. The monoisotopic (exact) mass is 240 g/mol. The van der Waals surface area contributed by atoms with Gasteiger partial charge >= 0.3 is 0 Å². The zero-order valence-corrected chi connectivity index (χ0v) is 10.6. The van der Waals surface area contributed by atoms with Crippen LogP contribution < -0.4 is 11.1 Å². The molecule has 0 aliphatic carbocycles. The van der Waals surface area contributed by atoms with Crippen LogP contribution in [0.15, 0.2) is 12.1 Å². The standard InChI is InChI=1S/C13H21FN2O/c1-8(2)4-10(17)7-16-13-5-9(3)11(14)6-12(13)15/h5-6,8,10,16-17H,4,7,15H2,1-3H3. The molecule has 0 heterocycles. The van der Waals surface area contributed by atoms with E-state index in [0.29, 0.717) is 29.4 Å². The van der Waals surface area contributed by atoms with Crippen molar-refractivity contribution in [2.75, 3.05) is 17.6 Å². The highest BCUT2D eigenvalue weighted by Gasteiger charge is 2.09. The number of hydrogen-bond donors (Lipinski definition) is 3. The largest absolute Gasteiger partial charge is 0.397 e. The third-order valence-corrected chi connectivity index (χ3v) is 2.60. The molecule has 4 heteroatoms. The van der Waals surface area contributed by atoms with Crippen LogP contribution in [0.25, 0.3) is 0 Å². The lowest BCUT2D eigenvalue weighted by molar-refractivity contribution is 0.161. The number of aliphatic hydroxyl groups excluding tert-OH is 1. The number of benzene rings is 1. The Kier molecular flexibility index (Phi) is 4.75. The van der Waals surface area contributed by atoms with Crippen molar-refractivity contribution in [2.45, 2.75) is 33.3 Å². The number of nitrogens with one attached hydrogen (secondary N) is 1. The van der Waals surface area contributed by atoms with E-state index in [9.17, 15) is 9.50 Å². The molecule has 0 fully saturated rings. The Balaban J connectivity index is 2.60. The van der Waals surface area contributed by atoms with Gasteiger partial charge in [-0.1, -0.05) is 13.8 Å². The van der Waals surface area contributed by atoms with Crippen molar-refractivity contribution in [1.29, 1.82) is 0 Å². The molecule has 0 saturated carbocycles. The molecule has 0 saturated heterocycles. The van der Waals surface area contributed by atoms with Gasteiger partial charge in [0.15, 0.2) is 0 Å². The fourth-order valence-electron chi connectivity index (χ4n) is 1.71. The molecule has 0 aromatic heterocycles. The Labute approximate surface area is 102 Å². The molecule has 17 heavy (non-hydrogen) atoms. The molecule has 0 amide bonds. The van der Waals surface area contributed by atoms with Crippen LogP contribution in [0.5, 0.6) is 0 Å². The number of aryl methyl sites for hydroxylation is 1. The van der Waals surface area contributed by atoms with Gasteiger partial charge in [-0.3, -0.25) is 0 Å². The first-order chi connectivity index (χ1) is 7.90. The van der Waals surface area contributed by atoms with Gasteiger partial charge in [-0.25, -0.2) is 4.39 Å². The maximum Gasteiger partial charge on any atom is 0.128 e. The Morgan fingerprint density at radius 3 is 2.65 bits per heavy atom. The number of nitrogen functional groups attached to an aromatic ring is 1. The summed E-state index contributed by atoms with van der Waals surface area (Å²) < 4.78 is 13.2. The van der Waals surface area contributed by atoms with Gasteiger partial charge in [-0.2, -0.15) is 0 Å². The zero-order valence-electron chi connectivity index (χ0n) is 10.6. The van der Waals surface area contributed by atoms with Crippen molar-refractivity contribution in [3.63, 3.8) is 0 Å². The lowest BCUT2D eigenvalue weighted by atomic mass is 10.1. The van der Waals surface area contributed by atoms with Crippen molar-refractivity contribution in [3.05, 3.63) is 23.5 Å². The minimum atomic E-state index is -0.417. The van der Waals surface area contributed by atoms with Crippen LogP contribution in [-0.2, 0) is 0 Å². The van der Waals surface area contributed by atoms with Crippen LogP contribution in [-0.4, -0.2) is 17.8 Å². The normalized spacial score (nSPS) is 12.8. The predicted molar refractivity (Wildman–Crippen MR) is 69.5 cm³/mol. The van der Waals surface area contributed by atoms with Gasteiger partial charge in [0.1, 0.15) is 5.82 Å². The Hall–Kier alpha value is -1.29. The minimum Gasteiger partial charge on any atom is -0.397 e. The maximum atomic E-state index is 13.2. The number of aliphatic hydroxyl groups is 1. The van der Waals surface area contributed by atoms with Gasteiger partial charge in [0.05, 0.1) is 17.5 Å². The average molecular weight is 240 g/mol. The fourth-order valence-corrected chi connectivity index (χ4v) is 1.71.